The summed E-state index contributed by atoms with van der Waals surface area (Å²) in [4.78, 5) is 22.4. The molecule has 1 aliphatic rings. The number of hydrogen-bond donors (Lipinski definition) is 0. The summed E-state index contributed by atoms with van der Waals surface area (Å²) in [5.74, 6) is -0.802. The Bertz CT molecular complexity index is 547. The molecule has 0 spiro atoms. The Hall–Kier alpha value is -1.40. The topological polar surface area (TPSA) is 71.1 Å². The standard InChI is InChI=1S/C28H50O6/c1-4-5-6-7-8-9-10-11-12-13-14-15-16-17-18-19-22-31-28-21-20-26(33-25(3)30)27(34-28)23-32-24(2)29/h20-21,26-28H,4-19,22-23H2,1-3H3/t26-,27+,28-/m0/s1. The Labute approximate surface area is 208 Å². The smallest absolute Gasteiger partial charge is 0.303 e. The minimum absolute atomic E-state index is 0.0243. The van der Waals surface area contributed by atoms with Gasteiger partial charge in [0.15, 0.2) is 6.29 Å². The quantitative estimate of drug-likeness (QED) is 0.0992. The van der Waals surface area contributed by atoms with Crippen LogP contribution in [0, 0.1) is 0 Å². The Morgan fingerprint density at radius 3 is 1.68 bits per heavy atom. The molecule has 0 N–H and O–H groups in total. The lowest BCUT2D eigenvalue weighted by Gasteiger charge is -2.31. The zero-order chi connectivity index (χ0) is 24.9. The molecule has 0 fully saturated rings. The molecule has 6 nitrogen and oxygen atoms in total. The van der Waals surface area contributed by atoms with Gasteiger partial charge in [-0.3, -0.25) is 9.59 Å². The van der Waals surface area contributed by atoms with Crippen LogP contribution in [0.25, 0.3) is 0 Å². The van der Waals surface area contributed by atoms with Crippen LogP contribution in [0.3, 0.4) is 0 Å². The SMILES string of the molecule is CCCCCCCCCCCCCCCCCCO[C@@H]1C=C[C@H](OC(C)=O)[C@@H](COC(C)=O)O1. The van der Waals surface area contributed by atoms with E-state index in [1.54, 1.807) is 12.2 Å². The van der Waals surface area contributed by atoms with Gasteiger partial charge in [0.1, 0.15) is 18.8 Å². The van der Waals surface area contributed by atoms with Crippen LogP contribution in [-0.4, -0.2) is 43.7 Å². The highest BCUT2D eigenvalue weighted by Crippen LogP contribution is 2.19. The van der Waals surface area contributed by atoms with Gasteiger partial charge in [0.2, 0.25) is 0 Å². The Morgan fingerprint density at radius 2 is 1.21 bits per heavy atom. The Kier molecular flexibility index (Phi) is 18.9. The highest BCUT2D eigenvalue weighted by molar-refractivity contribution is 5.66. The third kappa shape index (κ3) is 17.1. The van der Waals surface area contributed by atoms with Crippen molar-refractivity contribution in [3.63, 3.8) is 0 Å². The average Bonchev–Trinajstić information content (AvgIpc) is 2.80. The number of hydrogen-bond acceptors (Lipinski definition) is 6. The molecule has 6 heteroatoms. The van der Waals surface area contributed by atoms with Crippen LogP contribution in [-0.2, 0) is 28.5 Å². The number of unbranched alkanes of at least 4 members (excludes halogenated alkanes) is 15. The van der Waals surface area contributed by atoms with E-state index in [1.165, 1.54) is 104 Å². The minimum Gasteiger partial charge on any atom is -0.463 e. The van der Waals surface area contributed by atoms with Crippen molar-refractivity contribution in [1.82, 2.24) is 0 Å². The predicted molar refractivity (Wildman–Crippen MR) is 135 cm³/mol. The first-order valence-corrected chi connectivity index (χ1v) is 13.8. The van der Waals surface area contributed by atoms with Crippen molar-refractivity contribution in [3.8, 4) is 0 Å². The second-order valence-corrected chi connectivity index (χ2v) is 9.48. The van der Waals surface area contributed by atoms with Gasteiger partial charge in [0.05, 0.1) is 6.61 Å². The fourth-order valence-corrected chi connectivity index (χ4v) is 4.20. The molecule has 3 atom stereocenters. The lowest BCUT2D eigenvalue weighted by Crippen LogP contribution is -2.42. The highest BCUT2D eigenvalue weighted by Gasteiger charge is 2.30. The molecule has 0 aromatic rings. The summed E-state index contributed by atoms with van der Waals surface area (Å²) in [6.45, 7) is 5.60. The molecule has 0 saturated carbocycles. The number of ether oxygens (including phenoxy) is 4. The molecule has 1 heterocycles. The summed E-state index contributed by atoms with van der Waals surface area (Å²) < 4.78 is 21.9. The van der Waals surface area contributed by atoms with E-state index in [2.05, 4.69) is 6.92 Å². The van der Waals surface area contributed by atoms with E-state index >= 15 is 0 Å². The van der Waals surface area contributed by atoms with E-state index < -0.39 is 30.4 Å². The second kappa shape index (κ2) is 20.9. The van der Waals surface area contributed by atoms with Crippen molar-refractivity contribution in [1.29, 1.82) is 0 Å². The molecule has 0 bridgehead atoms. The van der Waals surface area contributed by atoms with Gasteiger partial charge in [-0.25, -0.2) is 0 Å². The van der Waals surface area contributed by atoms with Gasteiger partial charge in [0, 0.05) is 13.8 Å². The first-order chi connectivity index (χ1) is 16.5. The van der Waals surface area contributed by atoms with Crippen LogP contribution in [0.15, 0.2) is 12.2 Å². The number of carbonyl (C=O) groups is 2. The first-order valence-electron chi connectivity index (χ1n) is 13.8. The number of rotatable bonds is 21. The molecule has 0 aliphatic carbocycles. The summed E-state index contributed by atoms with van der Waals surface area (Å²) in [6.07, 6.45) is 23.3. The second-order valence-electron chi connectivity index (χ2n) is 9.48. The van der Waals surface area contributed by atoms with E-state index in [0.717, 1.165) is 12.8 Å². The third-order valence-electron chi connectivity index (χ3n) is 6.17. The molecule has 0 saturated heterocycles. The van der Waals surface area contributed by atoms with Crippen LogP contribution in [0.4, 0.5) is 0 Å². The lowest BCUT2D eigenvalue weighted by molar-refractivity contribution is -0.197. The normalized spacial score (nSPS) is 19.8. The van der Waals surface area contributed by atoms with Gasteiger partial charge in [-0.1, -0.05) is 103 Å². The molecule has 0 aromatic heterocycles. The molecule has 1 rings (SSSR count). The van der Waals surface area contributed by atoms with Gasteiger partial charge in [-0.05, 0) is 18.6 Å². The van der Waals surface area contributed by atoms with Crippen molar-refractivity contribution in [2.45, 2.75) is 142 Å². The average molecular weight is 483 g/mol. The largest absolute Gasteiger partial charge is 0.463 e. The van der Waals surface area contributed by atoms with Crippen LogP contribution in [0.1, 0.15) is 124 Å². The molecule has 0 radical (unpaired) electrons. The number of esters is 2. The number of carbonyl (C=O) groups excluding carboxylic acids is 2. The molecule has 0 amide bonds. The third-order valence-corrected chi connectivity index (χ3v) is 6.17. The van der Waals surface area contributed by atoms with E-state index in [-0.39, 0.29) is 6.61 Å². The molecular formula is C28H50O6. The van der Waals surface area contributed by atoms with Crippen molar-refractivity contribution in [2.75, 3.05) is 13.2 Å². The molecule has 1 aliphatic heterocycles. The Balaban J connectivity index is 1.97. The maximum absolute atomic E-state index is 11.3. The molecular weight excluding hydrogens is 432 g/mol. The maximum atomic E-state index is 11.3. The van der Waals surface area contributed by atoms with Crippen molar-refractivity contribution in [3.05, 3.63) is 12.2 Å². The summed E-state index contributed by atoms with van der Waals surface area (Å²) in [6, 6.07) is 0. The van der Waals surface area contributed by atoms with E-state index in [0.29, 0.717) is 6.61 Å². The van der Waals surface area contributed by atoms with Crippen LogP contribution >= 0.6 is 0 Å². The van der Waals surface area contributed by atoms with Crippen molar-refractivity contribution in [2.24, 2.45) is 0 Å². The highest BCUT2D eigenvalue weighted by atomic mass is 16.7. The van der Waals surface area contributed by atoms with E-state index in [1.807, 2.05) is 0 Å². The maximum Gasteiger partial charge on any atom is 0.303 e. The molecule has 198 valence electrons. The van der Waals surface area contributed by atoms with Gasteiger partial charge in [-0.15, -0.1) is 0 Å². The van der Waals surface area contributed by atoms with Crippen LogP contribution < -0.4 is 0 Å². The van der Waals surface area contributed by atoms with Gasteiger partial charge in [-0.2, -0.15) is 0 Å². The van der Waals surface area contributed by atoms with Gasteiger partial charge in [0.25, 0.3) is 0 Å². The summed E-state index contributed by atoms with van der Waals surface area (Å²) in [5.41, 5.74) is 0. The van der Waals surface area contributed by atoms with Crippen LogP contribution in [0.2, 0.25) is 0 Å². The minimum atomic E-state index is -0.577. The first kappa shape index (κ1) is 30.6. The van der Waals surface area contributed by atoms with Crippen LogP contribution in [0.5, 0.6) is 0 Å². The molecule has 34 heavy (non-hydrogen) atoms. The zero-order valence-electron chi connectivity index (χ0n) is 22.1. The predicted octanol–water partition coefficient (Wildman–Crippen LogP) is 7.04. The van der Waals surface area contributed by atoms with E-state index in [4.69, 9.17) is 18.9 Å². The van der Waals surface area contributed by atoms with Crippen molar-refractivity contribution < 1.29 is 28.5 Å². The monoisotopic (exact) mass is 482 g/mol. The van der Waals surface area contributed by atoms with E-state index in [9.17, 15) is 9.59 Å². The fourth-order valence-electron chi connectivity index (χ4n) is 4.20. The molecule has 0 unspecified atom stereocenters. The van der Waals surface area contributed by atoms with Crippen molar-refractivity contribution >= 4 is 11.9 Å². The Morgan fingerprint density at radius 1 is 0.706 bits per heavy atom. The molecule has 0 aromatic carbocycles. The zero-order valence-corrected chi connectivity index (χ0v) is 22.1. The fraction of sp³-hybridized carbons (Fsp3) is 0.857. The van der Waals surface area contributed by atoms with Gasteiger partial charge < -0.3 is 18.9 Å². The summed E-state index contributed by atoms with van der Waals surface area (Å²) in [5, 5.41) is 0. The van der Waals surface area contributed by atoms with Gasteiger partial charge >= 0.3 is 11.9 Å². The summed E-state index contributed by atoms with van der Waals surface area (Å²) in [7, 11) is 0. The summed E-state index contributed by atoms with van der Waals surface area (Å²) >= 11 is 0. The lowest BCUT2D eigenvalue weighted by atomic mass is 10.0.